The van der Waals surface area contributed by atoms with E-state index in [9.17, 15) is 28.6 Å². The average Bonchev–Trinajstić information content (AvgIpc) is 4.13. The van der Waals surface area contributed by atoms with Gasteiger partial charge in [0.05, 0.1) is 24.0 Å². The molecule has 15 nitrogen and oxygen atoms in total. The highest BCUT2D eigenvalue weighted by Gasteiger charge is 2.35. The molecule has 75 heavy (non-hydrogen) atoms. The van der Waals surface area contributed by atoms with E-state index < -0.39 is 41.9 Å². The summed E-state index contributed by atoms with van der Waals surface area (Å²) < 4.78 is 50.1. The monoisotopic (exact) mass is 1030 g/mol. The molecule has 0 saturated carbocycles. The van der Waals surface area contributed by atoms with Crippen LogP contribution < -0.4 is 39.8 Å². The first kappa shape index (κ1) is 51.7. The van der Waals surface area contributed by atoms with Crippen molar-refractivity contribution in [1.29, 1.82) is 0 Å². The number of carboxylic acid groups (broad SMARTS) is 1. The third kappa shape index (κ3) is 12.2. The fraction of sp³-hybridized carbons (Fsp3) is 0.414. The molecule has 6 aromatic rings. The lowest BCUT2D eigenvalue weighted by Crippen LogP contribution is -2.52. The number of benzene rings is 6. The summed E-state index contributed by atoms with van der Waals surface area (Å²) in [5.74, 6) is -1.45. The Kier molecular flexibility index (Phi) is 16.1. The maximum Gasteiger partial charge on any atom is 0.308 e. The lowest BCUT2D eigenvalue weighted by Gasteiger charge is -2.36. The molecule has 0 bridgehead atoms. The van der Waals surface area contributed by atoms with Crippen molar-refractivity contribution in [3.63, 3.8) is 0 Å². The van der Waals surface area contributed by atoms with Crippen LogP contribution in [0.1, 0.15) is 50.4 Å². The molecule has 12 rings (SSSR count). The van der Waals surface area contributed by atoms with Crippen molar-refractivity contribution in [2.45, 2.75) is 50.0 Å². The summed E-state index contributed by atoms with van der Waals surface area (Å²) in [6, 6.07) is 33.9. The van der Waals surface area contributed by atoms with Gasteiger partial charge in [-0.25, -0.2) is 8.78 Å². The number of nitrogens with two attached hydrogens (primary N) is 1. The minimum absolute atomic E-state index is 0. The fourth-order valence-corrected chi connectivity index (χ4v) is 10.6. The SMILES string of the molecule is N[C@H](CN1CCC1)[C@H](O)c1cc(F)c2c(c1)OCCO2.O=C(N[C@H](CN1CCC1)[C@H](O)c1cc(F)c2c(c1)OCCO2)[C@@H]1CCN(c2ccc3ccccc3c2)C1.O=C(O)[C@@H]1CCN(c2ccc3ccccc3c2)C1.[2HH]. The number of carbonyl (C=O) groups excluding carboxylic acids is 1. The van der Waals surface area contributed by atoms with Crippen molar-refractivity contribution >= 4 is 44.8 Å². The lowest BCUT2D eigenvalue weighted by molar-refractivity contribution is -0.141. The Morgan fingerprint density at radius 2 is 1.07 bits per heavy atom. The Bertz CT molecular complexity index is 2980. The second-order valence-corrected chi connectivity index (χ2v) is 20.3. The van der Waals surface area contributed by atoms with Crippen molar-refractivity contribution in [2.75, 3.05) is 102 Å². The first-order valence-electron chi connectivity index (χ1n) is 26.2. The van der Waals surface area contributed by atoms with E-state index in [-0.39, 0.29) is 43.0 Å². The zero-order chi connectivity index (χ0) is 52.0. The van der Waals surface area contributed by atoms with Crippen LogP contribution in [0.4, 0.5) is 20.2 Å². The van der Waals surface area contributed by atoms with E-state index >= 15 is 0 Å². The summed E-state index contributed by atoms with van der Waals surface area (Å²) in [4.78, 5) is 33.1. The number of likely N-dealkylation sites (tertiary alicyclic amines) is 2. The van der Waals surface area contributed by atoms with E-state index in [2.05, 4.69) is 85.6 Å². The number of halogens is 2. The first-order chi connectivity index (χ1) is 36.4. The molecule has 0 unspecified atom stereocenters. The molecule has 0 aromatic heterocycles. The Balaban J connectivity index is 0.000000152. The van der Waals surface area contributed by atoms with Gasteiger partial charge < -0.3 is 64.9 Å². The van der Waals surface area contributed by atoms with Crippen LogP contribution in [-0.2, 0) is 9.59 Å². The molecule has 0 radical (unpaired) electrons. The normalized spacial score (nSPS) is 20.6. The number of aliphatic hydroxyl groups is 2. The number of nitrogens with one attached hydrogen (secondary N) is 1. The number of carboxylic acids is 1. The van der Waals surface area contributed by atoms with Gasteiger partial charge in [0.1, 0.15) is 32.5 Å². The van der Waals surface area contributed by atoms with Gasteiger partial charge >= 0.3 is 5.97 Å². The Morgan fingerprint density at radius 1 is 0.600 bits per heavy atom. The largest absolute Gasteiger partial charge is 0.486 e. The number of aliphatic carboxylic acids is 1. The minimum Gasteiger partial charge on any atom is -0.486 e. The van der Waals surface area contributed by atoms with Crippen molar-refractivity contribution in [2.24, 2.45) is 17.6 Å². The minimum atomic E-state index is -1.08. The molecule has 4 fully saturated rings. The second-order valence-electron chi connectivity index (χ2n) is 20.3. The van der Waals surface area contributed by atoms with Gasteiger partial charge in [0, 0.05) is 58.1 Å². The number of ether oxygens (including phenoxy) is 4. The Hall–Kier alpha value is -6.76. The summed E-state index contributed by atoms with van der Waals surface area (Å²) in [6.45, 7) is 9.18. The number of rotatable bonds is 13. The van der Waals surface area contributed by atoms with Crippen LogP contribution in [-0.4, -0.2) is 141 Å². The standard InChI is InChI=1S/C29H32FN3O4.C15H15NO2.C14H19FN2O3.H2/c30-24-15-22(16-26-28(24)37-13-12-36-26)27(34)25(18-32-9-3-10-32)31-29(35)21-8-11-33(17-21)23-7-6-19-4-1-2-5-20(19)14-23;17-15(18)13-7-8-16(10-13)14-6-5-11-3-1-2-4-12(11)9-14;15-10-6-9(7-12-14(10)20-5-4-19-12)13(18)11(16)8-17-2-1-3-17;/h1-2,4-7,14-16,21,25,27,34H,3,8-13,17-18H2,(H,31,35);1-6,9,13H,7-8,10H2,(H,17,18);6-7,11,13,18H,1-5,8,16H2;1H/t21-,25-,27-;13-;11-,13-;/m111./s1/i;;;1+1. The number of carbonyl (C=O) groups is 2. The molecular formula is C58H68F2N6O9. The van der Waals surface area contributed by atoms with Crippen LogP contribution in [0.5, 0.6) is 23.0 Å². The van der Waals surface area contributed by atoms with Gasteiger partial charge in [-0.1, -0.05) is 60.7 Å². The second kappa shape index (κ2) is 23.4. The summed E-state index contributed by atoms with van der Waals surface area (Å²) in [5, 5.41) is 38.5. The molecule has 17 heteroatoms. The molecule has 4 saturated heterocycles. The predicted octanol–water partition coefficient (Wildman–Crippen LogP) is 7.16. The van der Waals surface area contributed by atoms with Crippen molar-refractivity contribution < 1.29 is 54.1 Å². The van der Waals surface area contributed by atoms with Crippen molar-refractivity contribution in [1.82, 2.24) is 15.1 Å². The zero-order valence-electron chi connectivity index (χ0n) is 42.0. The maximum atomic E-state index is 14.7. The molecule has 6 N–H and O–H groups in total. The highest BCUT2D eigenvalue weighted by Crippen LogP contribution is 2.38. The summed E-state index contributed by atoms with van der Waals surface area (Å²) in [5.41, 5.74) is 9.03. The number of anilines is 2. The van der Waals surface area contributed by atoms with Crippen LogP contribution in [0.25, 0.3) is 21.5 Å². The van der Waals surface area contributed by atoms with E-state index in [1.54, 1.807) is 12.1 Å². The Labute approximate surface area is 436 Å². The molecule has 6 aliphatic heterocycles. The topological polar surface area (TPSA) is 183 Å². The van der Waals surface area contributed by atoms with Gasteiger partial charge in [-0.05, 0) is 133 Å². The molecule has 1 amide bonds. The van der Waals surface area contributed by atoms with Gasteiger partial charge in [-0.3, -0.25) is 9.59 Å². The van der Waals surface area contributed by atoms with Crippen molar-refractivity contribution in [3.8, 4) is 23.0 Å². The van der Waals surface area contributed by atoms with E-state index in [0.29, 0.717) is 62.9 Å². The molecule has 6 heterocycles. The van der Waals surface area contributed by atoms with Gasteiger partial charge in [0.25, 0.3) is 0 Å². The molecule has 6 aromatic carbocycles. The molecule has 398 valence electrons. The van der Waals surface area contributed by atoms with Crippen molar-refractivity contribution in [3.05, 3.63) is 132 Å². The first-order valence-corrected chi connectivity index (χ1v) is 26.2. The van der Waals surface area contributed by atoms with Gasteiger partial charge in [0.15, 0.2) is 34.6 Å². The fourth-order valence-electron chi connectivity index (χ4n) is 10.6. The highest BCUT2D eigenvalue weighted by atomic mass is 19.1. The number of hydrogen-bond donors (Lipinski definition) is 5. The summed E-state index contributed by atoms with van der Waals surface area (Å²) in [6.07, 6.45) is 1.75. The van der Waals surface area contributed by atoms with Crippen LogP contribution in [0.2, 0.25) is 0 Å². The van der Waals surface area contributed by atoms with Crippen LogP contribution in [0, 0.1) is 23.5 Å². The molecule has 0 aliphatic carbocycles. The number of nitrogens with zero attached hydrogens (tertiary/aromatic N) is 4. The number of hydrogen-bond acceptors (Lipinski definition) is 13. The van der Waals surface area contributed by atoms with Gasteiger partial charge in [-0.15, -0.1) is 0 Å². The quantitative estimate of drug-likeness (QED) is 0.0786. The molecule has 6 aliphatic rings. The lowest BCUT2D eigenvalue weighted by atomic mass is 9.98. The van der Waals surface area contributed by atoms with Crippen LogP contribution >= 0.6 is 0 Å². The van der Waals surface area contributed by atoms with Gasteiger partial charge in [-0.2, -0.15) is 0 Å². The van der Waals surface area contributed by atoms with E-state index in [1.807, 2.05) is 24.3 Å². The molecule has 6 atom stereocenters. The number of amides is 1. The smallest absolute Gasteiger partial charge is 0.308 e. The van der Waals surface area contributed by atoms with E-state index in [0.717, 1.165) is 69.9 Å². The third-order valence-corrected chi connectivity index (χ3v) is 15.1. The number of aliphatic hydroxyl groups excluding tert-OH is 2. The summed E-state index contributed by atoms with van der Waals surface area (Å²) >= 11 is 0. The van der Waals surface area contributed by atoms with E-state index in [4.69, 9.17) is 29.8 Å². The predicted molar refractivity (Wildman–Crippen MR) is 285 cm³/mol. The summed E-state index contributed by atoms with van der Waals surface area (Å²) in [7, 11) is 0. The number of fused-ring (bicyclic) bond motifs is 4. The van der Waals surface area contributed by atoms with Crippen LogP contribution in [0.3, 0.4) is 0 Å². The third-order valence-electron chi connectivity index (χ3n) is 15.1. The Morgan fingerprint density at radius 3 is 1.56 bits per heavy atom. The molecular weight excluding hydrogens is 963 g/mol. The van der Waals surface area contributed by atoms with Gasteiger partial charge in [0.2, 0.25) is 5.91 Å². The molecule has 0 spiro atoms. The van der Waals surface area contributed by atoms with E-state index in [1.165, 1.54) is 40.1 Å². The maximum absolute atomic E-state index is 14.7. The highest BCUT2D eigenvalue weighted by molar-refractivity contribution is 5.87. The average molecular weight is 1030 g/mol. The van der Waals surface area contributed by atoms with Crippen LogP contribution in [0.15, 0.2) is 109 Å². The zero-order valence-corrected chi connectivity index (χ0v) is 42.0.